The second kappa shape index (κ2) is 9.82. The van der Waals surface area contributed by atoms with Crippen molar-refractivity contribution in [3.8, 4) is 17.2 Å². The lowest BCUT2D eigenvalue weighted by Gasteiger charge is -2.14. The van der Waals surface area contributed by atoms with Gasteiger partial charge in [-0.2, -0.15) is 0 Å². The molecule has 0 unspecified atom stereocenters. The molecule has 0 spiro atoms. The first-order valence-corrected chi connectivity index (χ1v) is 9.67. The van der Waals surface area contributed by atoms with Crippen LogP contribution >= 0.6 is 0 Å². The van der Waals surface area contributed by atoms with Crippen LogP contribution in [0.4, 0.5) is 0 Å². The third kappa shape index (κ3) is 5.63. The molecule has 1 heterocycles. The van der Waals surface area contributed by atoms with Crippen molar-refractivity contribution in [3.05, 3.63) is 53.6 Å². The highest BCUT2D eigenvalue weighted by molar-refractivity contribution is 5.92. The van der Waals surface area contributed by atoms with Crippen LogP contribution in [-0.2, 0) is 16.1 Å². The summed E-state index contributed by atoms with van der Waals surface area (Å²) in [5, 5.41) is 2.75. The van der Waals surface area contributed by atoms with E-state index in [1.165, 1.54) is 6.92 Å². The van der Waals surface area contributed by atoms with Gasteiger partial charge in [-0.1, -0.05) is 19.4 Å². The maximum Gasteiger partial charge on any atom is 0.338 e. The van der Waals surface area contributed by atoms with E-state index in [-0.39, 0.29) is 12.7 Å². The van der Waals surface area contributed by atoms with Gasteiger partial charge < -0.3 is 24.3 Å². The van der Waals surface area contributed by atoms with Gasteiger partial charge in [0.1, 0.15) is 5.75 Å². The Morgan fingerprint density at radius 3 is 2.62 bits per heavy atom. The molecule has 0 saturated heterocycles. The van der Waals surface area contributed by atoms with Crippen LogP contribution in [0, 0.1) is 0 Å². The van der Waals surface area contributed by atoms with Gasteiger partial charge in [-0.05, 0) is 55.3 Å². The van der Waals surface area contributed by atoms with Crippen LogP contribution in [0.25, 0.3) is 0 Å². The normalized spacial score (nSPS) is 12.9. The monoisotopic (exact) mass is 399 g/mol. The van der Waals surface area contributed by atoms with Gasteiger partial charge in [-0.3, -0.25) is 4.79 Å². The molecule has 1 N–H and O–H groups in total. The number of fused-ring (bicyclic) bond motifs is 1. The second-order valence-electron chi connectivity index (χ2n) is 6.68. The zero-order valence-electron chi connectivity index (χ0n) is 16.6. The lowest BCUT2D eigenvalue weighted by molar-refractivity contribution is -0.129. The quantitative estimate of drug-likeness (QED) is 0.514. The van der Waals surface area contributed by atoms with Crippen LogP contribution in [0.3, 0.4) is 0 Å². The molecule has 1 aliphatic heterocycles. The second-order valence-corrected chi connectivity index (χ2v) is 6.68. The number of benzene rings is 2. The number of unbranched alkanes of at least 4 members (excludes halogenated alkanes) is 1. The van der Waals surface area contributed by atoms with E-state index in [2.05, 4.69) is 12.2 Å². The van der Waals surface area contributed by atoms with Crippen molar-refractivity contribution in [1.29, 1.82) is 0 Å². The molecular formula is C22H25NO6. The van der Waals surface area contributed by atoms with E-state index in [0.29, 0.717) is 36.0 Å². The van der Waals surface area contributed by atoms with E-state index in [1.807, 2.05) is 12.1 Å². The van der Waals surface area contributed by atoms with Crippen molar-refractivity contribution >= 4 is 11.9 Å². The van der Waals surface area contributed by atoms with Gasteiger partial charge in [0.15, 0.2) is 17.6 Å². The predicted molar refractivity (Wildman–Crippen MR) is 106 cm³/mol. The van der Waals surface area contributed by atoms with Crippen LogP contribution < -0.4 is 19.5 Å². The fourth-order valence-corrected chi connectivity index (χ4v) is 2.69. The van der Waals surface area contributed by atoms with Gasteiger partial charge in [-0.15, -0.1) is 0 Å². The molecule has 29 heavy (non-hydrogen) atoms. The summed E-state index contributed by atoms with van der Waals surface area (Å²) >= 11 is 0. The lowest BCUT2D eigenvalue weighted by Crippen LogP contribution is -2.35. The smallest absolute Gasteiger partial charge is 0.338 e. The van der Waals surface area contributed by atoms with Crippen molar-refractivity contribution < 1.29 is 28.5 Å². The zero-order valence-corrected chi connectivity index (χ0v) is 16.6. The number of carbonyl (C=O) groups is 2. The molecule has 154 valence electrons. The minimum atomic E-state index is -0.919. The first-order valence-electron chi connectivity index (χ1n) is 9.67. The molecule has 2 aromatic carbocycles. The Labute approximate surface area is 169 Å². The molecule has 7 nitrogen and oxygen atoms in total. The van der Waals surface area contributed by atoms with Gasteiger partial charge in [0.2, 0.25) is 6.79 Å². The van der Waals surface area contributed by atoms with Crippen molar-refractivity contribution in [2.75, 3.05) is 13.4 Å². The summed E-state index contributed by atoms with van der Waals surface area (Å²) in [6.07, 6.45) is 1.11. The Kier molecular flexibility index (Phi) is 6.94. The number of carbonyl (C=O) groups excluding carboxylic acids is 2. The average Bonchev–Trinajstić information content (AvgIpc) is 3.20. The minimum Gasteiger partial charge on any atom is -0.494 e. The molecule has 0 aromatic heterocycles. The maximum atomic E-state index is 12.3. The third-order valence-electron chi connectivity index (χ3n) is 4.41. The van der Waals surface area contributed by atoms with Crippen molar-refractivity contribution in [2.24, 2.45) is 0 Å². The zero-order chi connectivity index (χ0) is 20.6. The summed E-state index contributed by atoms with van der Waals surface area (Å²) in [4.78, 5) is 24.5. The lowest BCUT2D eigenvalue weighted by atomic mass is 10.2. The Balaban J connectivity index is 1.46. The van der Waals surface area contributed by atoms with Gasteiger partial charge in [0.25, 0.3) is 5.91 Å². The highest BCUT2D eigenvalue weighted by Crippen LogP contribution is 2.32. The summed E-state index contributed by atoms with van der Waals surface area (Å²) in [6.45, 7) is 4.76. The van der Waals surface area contributed by atoms with Crippen molar-refractivity contribution in [2.45, 2.75) is 39.3 Å². The van der Waals surface area contributed by atoms with Crippen molar-refractivity contribution in [3.63, 3.8) is 0 Å². The van der Waals surface area contributed by atoms with Gasteiger partial charge >= 0.3 is 5.97 Å². The maximum absolute atomic E-state index is 12.3. The molecule has 7 heteroatoms. The SMILES string of the molecule is CCCCOc1ccc(C(=O)O[C@@H](C)C(=O)NCc2ccc3c(c2)OCO3)cc1. The molecule has 1 aliphatic rings. The summed E-state index contributed by atoms with van der Waals surface area (Å²) in [6, 6.07) is 12.1. The fraction of sp³-hybridized carbons (Fsp3) is 0.364. The van der Waals surface area contributed by atoms with Gasteiger partial charge in [0, 0.05) is 6.54 Å². The summed E-state index contributed by atoms with van der Waals surface area (Å²) in [7, 11) is 0. The molecule has 0 fully saturated rings. The molecule has 3 rings (SSSR count). The topological polar surface area (TPSA) is 83.1 Å². The number of esters is 1. The summed E-state index contributed by atoms with van der Waals surface area (Å²) < 4.78 is 21.4. The van der Waals surface area contributed by atoms with E-state index in [4.69, 9.17) is 18.9 Å². The molecule has 0 aliphatic carbocycles. The van der Waals surface area contributed by atoms with Gasteiger partial charge in [-0.25, -0.2) is 4.79 Å². The van der Waals surface area contributed by atoms with Crippen LogP contribution in [0.15, 0.2) is 42.5 Å². The Morgan fingerprint density at radius 2 is 1.86 bits per heavy atom. The standard InChI is InChI=1S/C22H25NO6/c1-3-4-11-26-18-8-6-17(7-9-18)22(25)29-15(2)21(24)23-13-16-5-10-19-20(12-16)28-14-27-19/h5-10,12,15H,3-4,11,13-14H2,1-2H3,(H,23,24)/t15-/m0/s1. The largest absolute Gasteiger partial charge is 0.494 e. The van der Waals surface area contributed by atoms with Gasteiger partial charge in [0.05, 0.1) is 12.2 Å². The average molecular weight is 399 g/mol. The minimum absolute atomic E-state index is 0.198. The number of nitrogens with one attached hydrogen (secondary N) is 1. The van der Waals surface area contributed by atoms with E-state index in [9.17, 15) is 9.59 Å². The summed E-state index contributed by atoms with van der Waals surface area (Å²) in [5.74, 6) is 1.10. The predicted octanol–water partition coefficient (Wildman–Crippen LogP) is 3.46. The molecule has 2 aromatic rings. The number of hydrogen-bond donors (Lipinski definition) is 1. The molecule has 0 bridgehead atoms. The van der Waals surface area contributed by atoms with Crippen LogP contribution in [0.5, 0.6) is 17.2 Å². The Hall–Kier alpha value is -3.22. The molecule has 1 amide bonds. The highest BCUT2D eigenvalue weighted by Gasteiger charge is 2.19. The fourth-order valence-electron chi connectivity index (χ4n) is 2.69. The number of hydrogen-bond acceptors (Lipinski definition) is 6. The molecular weight excluding hydrogens is 374 g/mol. The molecule has 1 atom stereocenters. The van der Waals surface area contributed by atoms with Crippen LogP contribution in [0.1, 0.15) is 42.6 Å². The Morgan fingerprint density at radius 1 is 1.10 bits per heavy atom. The number of amides is 1. The van der Waals surface area contributed by atoms with Crippen LogP contribution in [-0.4, -0.2) is 31.4 Å². The highest BCUT2D eigenvalue weighted by atomic mass is 16.7. The molecule has 0 saturated carbocycles. The summed E-state index contributed by atoms with van der Waals surface area (Å²) in [5.41, 5.74) is 1.23. The van der Waals surface area contributed by atoms with E-state index < -0.39 is 12.1 Å². The van der Waals surface area contributed by atoms with Crippen LogP contribution in [0.2, 0.25) is 0 Å². The van der Waals surface area contributed by atoms with E-state index in [1.54, 1.807) is 30.3 Å². The van der Waals surface area contributed by atoms with E-state index in [0.717, 1.165) is 18.4 Å². The number of rotatable bonds is 9. The first kappa shape index (κ1) is 20.5. The third-order valence-corrected chi connectivity index (χ3v) is 4.41. The first-order chi connectivity index (χ1) is 14.1. The number of ether oxygens (including phenoxy) is 4. The van der Waals surface area contributed by atoms with Crippen molar-refractivity contribution in [1.82, 2.24) is 5.32 Å². The Bertz CT molecular complexity index is 849. The van der Waals surface area contributed by atoms with E-state index >= 15 is 0 Å². The molecule has 0 radical (unpaired) electrons.